The average Bonchev–Trinajstić information content (AvgIpc) is 2.89. The molecule has 1 aromatic rings. The standard InChI is InChI=1S/C17H20O3/c1-12-10-14(11-13-6-4-3-5-7-13)16(2,19)17(12)8-9-20-15(17)18/h3-7,10,14,19H,8-9,11H2,1-2H3/t14-,16+,17+/m0/s1. The molecule has 106 valence electrons. The lowest BCUT2D eigenvalue weighted by atomic mass is 9.67. The van der Waals surface area contributed by atoms with Gasteiger partial charge in [-0.05, 0) is 25.8 Å². The monoisotopic (exact) mass is 272 g/mol. The van der Waals surface area contributed by atoms with Crippen molar-refractivity contribution in [2.75, 3.05) is 6.61 Å². The Morgan fingerprint density at radius 2 is 2.05 bits per heavy atom. The summed E-state index contributed by atoms with van der Waals surface area (Å²) in [5, 5.41) is 11.1. The molecule has 3 nitrogen and oxygen atoms in total. The third-order valence-electron chi connectivity index (χ3n) is 5.07. The minimum Gasteiger partial charge on any atom is -0.465 e. The molecule has 1 N–H and O–H groups in total. The van der Waals surface area contributed by atoms with Crippen molar-refractivity contribution in [3.8, 4) is 0 Å². The quantitative estimate of drug-likeness (QED) is 0.664. The van der Waals surface area contributed by atoms with Gasteiger partial charge in [-0.2, -0.15) is 0 Å². The van der Waals surface area contributed by atoms with Crippen LogP contribution in [-0.4, -0.2) is 23.3 Å². The highest BCUT2D eigenvalue weighted by atomic mass is 16.5. The van der Waals surface area contributed by atoms with Crippen molar-refractivity contribution in [3.63, 3.8) is 0 Å². The summed E-state index contributed by atoms with van der Waals surface area (Å²) < 4.78 is 5.16. The van der Waals surface area contributed by atoms with Crippen LogP contribution in [0.4, 0.5) is 0 Å². The first-order valence-electron chi connectivity index (χ1n) is 7.11. The summed E-state index contributed by atoms with van der Waals surface area (Å²) in [4.78, 5) is 12.2. The Labute approximate surface area is 119 Å². The predicted molar refractivity (Wildman–Crippen MR) is 76.0 cm³/mol. The SMILES string of the molecule is CC1=C[C@@H](Cc2ccccc2)[C@@](C)(O)[C@]12CCOC2=O. The van der Waals surface area contributed by atoms with E-state index >= 15 is 0 Å². The highest BCUT2D eigenvalue weighted by Gasteiger charge is 2.63. The molecule has 0 amide bonds. The van der Waals surface area contributed by atoms with Crippen LogP contribution in [0.1, 0.15) is 25.8 Å². The van der Waals surface area contributed by atoms with E-state index in [2.05, 4.69) is 18.2 Å². The van der Waals surface area contributed by atoms with Gasteiger partial charge in [0.25, 0.3) is 0 Å². The van der Waals surface area contributed by atoms with Crippen LogP contribution in [0.5, 0.6) is 0 Å². The van der Waals surface area contributed by atoms with Gasteiger partial charge in [-0.25, -0.2) is 0 Å². The molecule has 0 aromatic heterocycles. The number of hydrogen-bond donors (Lipinski definition) is 1. The van der Waals surface area contributed by atoms with Gasteiger partial charge in [-0.15, -0.1) is 0 Å². The van der Waals surface area contributed by atoms with Gasteiger partial charge >= 0.3 is 5.97 Å². The summed E-state index contributed by atoms with van der Waals surface area (Å²) in [6, 6.07) is 10.1. The van der Waals surface area contributed by atoms with Crippen LogP contribution in [0, 0.1) is 11.3 Å². The maximum Gasteiger partial charge on any atom is 0.319 e. The number of cyclic esters (lactones) is 1. The van der Waals surface area contributed by atoms with Gasteiger partial charge in [-0.3, -0.25) is 4.79 Å². The third-order valence-corrected chi connectivity index (χ3v) is 5.07. The van der Waals surface area contributed by atoms with E-state index in [1.54, 1.807) is 6.92 Å². The summed E-state index contributed by atoms with van der Waals surface area (Å²) in [5.74, 6) is -0.331. The second-order valence-corrected chi connectivity index (χ2v) is 6.08. The molecule has 3 atom stereocenters. The number of benzene rings is 1. The fourth-order valence-electron chi connectivity index (χ4n) is 3.79. The Morgan fingerprint density at radius 1 is 1.35 bits per heavy atom. The topological polar surface area (TPSA) is 46.5 Å². The maximum absolute atomic E-state index is 12.2. The Hall–Kier alpha value is -1.61. The number of aliphatic hydroxyl groups is 1. The number of rotatable bonds is 2. The molecular weight excluding hydrogens is 252 g/mol. The number of esters is 1. The molecule has 20 heavy (non-hydrogen) atoms. The van der Waals surface area contributed by atoms with Crippen molar-refractivity contribution in [3.05, 3.63) is 47.5 Å². The van der Waals surface area contributed by atoms with Crippen molar-refractivity contribution in [1.82, 2.24) is 0 Å². The molecule has 0 saturated carbocycles. The molecule has 0 bridgehead atoms. The molecule has 0 unspecified atom stereocenters. The van der Waals surface area contributed by atoms with Crippen molar-refractivity contribution in [2.24, 2.45) is 11.3 Å². The predicted octanol–water partition coefficient (Wildman–Crippen LogP) is 2.49. The van der Waals surface area contributed by atoms with E-state index in [0.29, 0.717) is 13.0 Å². The second kappa shape index (κ2) is 4.45. The van der Waals surface area contributed by atoms with Gasteiger partial charge in [0.15, 0.2) is 0 Å². The molecule has 1 aliphatic carbocycles. The highest BCUT2D eigenvalue weighted by Crippen LogP contribution is 2.55. The minimum absolute atomic E-state index is 0.0597. The summed E-state index contributed by atoms with van der Waals surface area (Å²) in [7, 11) is 0. The molecule has 1 aliphatic heterocycles. The van der Waals surface area contributed by atoms with Gasteiger partial charge in [-0.1, -0.05) is 42.0 Å². The number of carbonyl (C=O) groups excluding carboxylic acids is 1. The summed E-state index contributed by atoms with van der Waals surface area (Å²) >= 11 is 0. The molecule has 1 heterocycles. The van der Waals surface area contributed by atoms with Crippen molar-refractivity contribution < 1.29 is 14.6 Å². The van der Waals surface area contributed by atoms with E-state index < -0.39 is 11.0 Å². The molecule has 0 radical (unpaired) electrons. The zero-order valence-corrected chi connectivity index (χ0v) is 11.9. The van der Waals surface area contributed by atoms with Crippen LogP contribution in [0.15, 0.2) is 42.0 Å². The number of ether oxygens (including phenoxy) is 1. The van der Waals surface area contributed by atoms with Crippen molar-refractivity contribution >= 4 is 5.97 Å². The summed E-state index contributed by atoms with van der Waals surface area (Å²) in [5.41, 5.74) is 0.198. The van der Waals surface area contributed by atoms with Gasteiger partial charge in [0.05, 0.1) is 12.2 Å². The van der Waals surface area contributed by atoms with Gasteiger partial charge in [0.2, 0.25) is 0 Å². The van der Waals surface area contributed by atoms with Crippen LogP contribution in [0.2, 0.25) is 0 Å². The largest absolute Gasteiger partial charge is 0.465 e. The lowest BCUT2D eigenvalue weighted by molar-refractivity contribution is -0.157. The Kier molecular flexibility index (Phi) is 2.98. The van der Waals surface area contributed by atoms with Crippen LogP contribution in [-0.2, 0) is 16.0 Å². The molecule has 2 aliphatic rings. The molecular formula is C17H20O3. The van der Waals surface area contributed by atoms with Gasteiger partial charge in [0.1, 0.15) is 5.41 Å². The normalized spacial score (nSPS) is 36.2. The zero-order valence-electron chi connectivity index (χ0n) is 11.9. The summed E-state index contributed by atoms with van der Waals surface area (Å²) in [6.45, 7) is 4.12. The van der Waals surface area contributed by atoms with Crippen LogP contribution >= 0.6 is 0 Å². The van der Waals surface area contributed by atoms with Gasteiger partial charge in [0, 0.05) is 12.3 Å². The second-order valence-electron chi connectivity index (χ2n) is 6.08. The summed E-state index contributed by atoms with van der Waals surface area (Å²) in [6.07, 6.45) is 3.37. The number of carbonyl (C=O) groups is 1. The van der Waals surface area contributed by atoms with Gasteiger partial charge < -0.3 is 9.84 Å². The van der Waals surface area contributed by atoms with Crippen LogP contribution in [0.25, 0.3) is 0 Å². The van der Waals surface area contributed by atoms with E-state index in [4.69, 9.17) is 4.74 Å². The van der Waals surface area contributed by atoms with E-state index in [1.807, 2.05) is 25.1 Å². The Morgan fingerprint density at radius 3 is 2.65 bits per heavy atom. The zero-order chi connectivity index (χ0) is 14.4. The van der Waals surface area contributed by atoms with E-state index in [1.165, 1.54) is 5.56 Å². The van der Waals surface area contributed by atoms with Crippen LogP contribution < -0.4 is 0 Å². The molecule has 1 fully saturated rings. The van der Waals surface area contributed by atoms with E-state index in [0.717, 1.165) is 12.0 Å². The Bertz CT molecular complexity index is 559. The molecule has 1 spiro atoms. The number of hydrogen-bond acceptors (Lipinski definition) is 3. The first-order valence-corrected chi connectivity index (χ1v) is 7.11. The molecule has 3 heteroatoms. The average molecular weight is 272 g/mol. The fraction of sp³-hybridized carbons (Fsp3) is 0.471. The third kappa shape index (κ3) is 1.66. The smallest absolute Gasteiger partial charge is 0.319 e. The molecule has 3 rings (SSSR count). The lowest BCUT2D eigenvalue weighted by Gasteiger charge is -2.38. The van der Waals surface area contributed by atoms with Crippen molar-refractivity contribution in [2.45, 2.75) is 32.3 Å². The van der Waals surface area contributed by atoms with Crippen LogP contribution in [0.3, 0.4) is 0 Å². The maximum atomic E-state index is 12.2. The first kappa shape index (κ1) is 13.4. The minimum atomic E-state index is -1.08. The molecule has 1 saturated heterocycles. The fourth-order valence-corrected chi connectivity index (χ4v) is 3.79. The van der Waals surface area contributed by atoms with Crippen molar-refractivity contribution in [1.29, 1.82) is 0 Å². The lowest BCUT2D eigenvalue weighted by Crippen LogP contribution is -2.50. The highest BCUT2D eigenvalue weighted by molar-refractivity contribution is 5.85. The van der Waals surface area contributed by atoms with E-state index in [9.17, 15) is 9.90 Å². The first-order chi connectivity index (χ1) is 9.48. The van der Waals surface area contributed by atoms with E-state index in [-0.39, 0.29) is 11.9 Å². The Balaban J connectivity index is 1.94. The molecule has 1 aromatic carbocycles.